The van der Waals surface area contributed by atoms with E-state index in [1.807, 2.05) is 24.3 Å². The van der Waals surface area contributed by atoms with Crippen LogP contribution >= 0.6 is 15.9 Å². The third-order valence-corrected chi connectivity index (χ3v) is 3.96. The molecule has 0 spiro atoms. The number of hydrogen-bond donors (Lipinski definition) is 1. The molecule has 1 fully saturated rings. The summed E-state index contributed by atoms with van der Waals surface area (Å²) in [5, 5.41) is 10.6. The Balaban J connectivity index is 2.22. The van der Waals surface area contributed by atoms with Gasteiger partial charge in [-0.2, -0.15) is 0 Å². The molecule has 1 nitrogen and oxygen atoms in total. The van der Waals surface area contributed by atoms with E-state index < -0.39 is 5.60 Å². The Hall–Kier alpha value is -0.340. The molecule has 1 aliphatic carbocycles. The van der Waals surface area contributed by atoms with Crippen LogP contribution in [0.5, 0.6) is 0 Å². The van der Waals surface area contributed by atoms with E-state index in [2.05, 4.69) is 22.9 Å². The molecule has 0 amide bonds. The van der Waals surface area contributed by atoms with Gasteiger partial charge in [-0.3, -0.25) is 0 Å². The summed E-state index contributed by atoms with van der Waals surface area (Å²) >= 11 is 3.45. The third-order valence-electron chi connectivity index (χ3n) is 3.46. The van der Waals surface area contributed by atoms with Gasteiger partial charge in [-0.1, -0.05) is 35.0 Å². The Morgan fingerprint density at radius 2 is 2.00 bits per heavy atom. The first kappa shape index (κ1) is 11.2. The lowest BCUT2D eigenvalue weighted by Crippen LogP contribution is -2.30. The molecule has 1 aromatic carbocycles. The summed E-state index contributed by atoms with van der Waals surface area (Å²) in [6.07, 6.45) is 4.04. The van der Waals surface area contributed by atoms with Crippen molar-refractivity contribution < 1.29 is 5.11 Å². The minimum Gasteiger partial charge on any atom is -0.385 e. The van der Waals surface area contributed by atoms with Gasteiger partial charge in [-0.05, 0) is 49.3 Å². The SMILES string of the molecule is CC1CCC(O)(c2cccc(Br)c2)CC1. The van der Waals surface area contributed by atoms with Crippen molar-refractivity contribution in [2.45, 2.75) is 38.2 Å². The van der Waals surface area contributed by atoms with Crippen LogP contribution in [-0.2, 0) is 5.60 Å². The quantitative estimate of drug-likeness (QED) is 0.821. The van der Waals surface area contributed by atoms with Gasteiger partial charge >= 0.3 is 0 Å². The molecule has 0 bridgehead atoms. The van der Waals surface area contributed by atoms with Crippen LogP contribution in [0.3, 0.4) is 0 Å². The van der Waals surface area contributed by atoms with Crippen molar-refractivity contribution in [3.05, 3.63) is 34.3 Å². The highest BCUT2D eigenvalue weighted by Gasteiger charge is 2.33. The summed E-state index contributed by atoms with van der Waals surface area (Å²) in [6, 6.07) is 8.06. The zero-order chi connectivity index (χ0) is 10.9. The predicted molar refractivity (Wildman–Crippen MR) is 65.7 cm³/mol. The molecule has 0 unspecified atom stereocenters. The minimum atomic E-state index is -0.587. The molecule has 0 saturated heterocycles. The molecular weight excluding hydrogens is 252 g/mol. The van der Waals surface area contributed by atoms with Crippen LogP contribution in [0, 0.1) is 5.92 Å². The first-order valence-electron chi connectivity index (χ1n) is 5.58. The molecule has 0 radical (unpaired) electrons. The predicted octanol–water partition coefficient (Wildman–Crippen LogP) is 3.85. The van der Waals surface area contributed by atoms with Crippen molar-refractivity contribution >= 4 is 15.9 Å². The summed E-state index contributed by atoms with van der Waals surface area (Å²) in [7, 11) is 0. The van der Waals surface area contributed by atoms with Crippen LogP contribution in [0.25, 0.3) is 0 Å². The molecule has 0 aromatic heterocycles. The lowest BCUT2D eigenvalue weighted by molar-refractivity contribution is -0.0120. The molecule has 1 saturated carbocycles. The number of benzene rings is 1. The van der Waals surface area contributed by atoms with Gasteiger partial charge in [0.1, 0.15) is 0 Å². The van der Waals surface area contributed by atoms with Gasteiger partial charge < -0.3 is 5.11 Å². The molecule has 0 atom stereocenters. The lowest BCUT2D eigenvalue weighted by Gasteiger charge is -2.35. The highest BCUT2D eigenvalue weighted by atomic mass is 79.9. The molecule has 2 heteroatoms. The average Bonchev–Trinajstić information content (AvgIpc) is 2.23. The Kier molecular flexibility index (Phi) is 3.17. The highest BCUT2D eigenvalue weighted by molar-refractivity contribution is 9.10. The molecule has 1 aromatic rings. The second-order valence-electron chi connectivity index (χ2n) is 4.72. The van der Waals surface area contributed by atoms with Gasteiger partial charge in [0, 0.05) is 4.47 Å². The van der Waals surface area contributed by atoms with E-state index in [1.54, 1.807) is 0 Å². The van der Waals surface area contributed by atoms with Crippen LogP contribution in [0.4, 0.5) is 0 Å². The van der Waals surface area contributed by atoms with E-state index in [-0.39, 0.29) is 0 Å². The van der Waals surface area contributed by atoms with Crippen molar-refractivity contribution in [1.82, 2.24) is 0 Å². The van der Waals surface area contributed by atoms with E-state index >= 15 is 0 Å². The lowest BCUT2D eigenvalue weighted by atomic mass is 9.76. The fourth-order valence-corrected chi connectivity index (χ4v) is 2.71. The second kappa shape index (κ2) is 4.26. The van der Waals surface area contributed by atoms with E-state index in [4.69, 9.17) is 0 Å². The first-order chi connectivity index (χ1) is 7.10. The minimum absolute atomic E-state index is 0.587. The molecule has 0 aliphatic heterocycles. The van der Waals surface area contributed by atoms with Crippen LogP contribution in [0.2, 0.25) is 0 Å². The summed E-state index contributed by atoms with van der Waals surface area (Å²) < 4.78 is 1.05. The molecule has 15 heavy (non-hydrogen) atoms. The van der Waals surface area contributed by atoms with E-state index in [0.717, 1.165) is 41.6 Å². The standard InChI is InChI=1S/C13H17BrO/c1-10-5-7-13(15,8-6-10)11-3-2-4-12(14)9-11/h2-4,9-10,15H,5-8H2,1H3. The second-order valence-corrected chi connectivity index (χ2v) is 5.64. The van der Waals surface area contributed by atoms with Crippen molar-refractivity contribution in [2.75, 3.05) is 0 Å². The van der Waals surface area contributed by atoms with Gasteiger partial charge in [-0.25, -0.2) is 0 Å². The van der Waals surface area contributed by atoms with Crippen molar-refractivity contribution in [1.29, 1.82) is 0 Å². The van der Waals surface area contributed by atoms with Crippen LogP contribution in [-0.4, -0.2) is 5.11 Å². The maximum atomic E-state index is 10.6. The van der Waals surface area contributed by atoms with Crippen LogP contribution in [0.1, 0.15) is 38.2 Å². The van der Waals surface area contributed by atoms with Crippen molar-refractivity contribution in [2.24, 2.45) is 5.92 Å². The summed E-state index contributed by atoms with van der Waals surface area (Å²) in [4.78, 5) is 0. The van der Waals surface area contributed by atoms with E-state index in [1.165, 1.54) is 0 Å². The highest BCUT2D eigenvalue weighted by Crippen LogP contribution is 2.39. The number of rotatable bonds is 1. The summed E-state index contributed by atoms with van der Waals surface area (Å²) in [5.41, 5.74) is 0.472. The van der Waals surface area contributed by atoms with E-state index in [0.29, 0.717) is 0 Å². The first-order valence-corrected chi connectivity index (χ1v) is 6.38. The van der Waals surface area contributed by atoms with Crippen molar-refractivity contribution in [3.8, 4) is 0 Å². The van der Waals surface area contributed by atoms with Gasteiger partial charge in [-0.15, -0.1) is 0 Å². The van der Waals surface area contributed by atoms with E-state index in [9.17, 15) is 5.11 Å². The van der Waals surface area contributed by atoms with Gasteiger partial charge in [0.15, 0.2) is 0 Å². The molecular formula is C13H17BrO. The maximum Gasteiger partial charge on any atom is 0.0897 e. The Morgan fingerprint density at radius 1 is 1.33 bits per heavy atom. The number of hydrogen-bond acceptors (Lipinski definition) is 1. The van der Waals surface area contributed by atoms with Gasteiger partial charge in [0.2, 0.25) is 0 Å². The van der Waals surface area contributed by atoms with Gasteiger partial charge in [0.25, 0.3) is 0 Å². The van der Waals surface area contributed by atoms with Crippen molar-refractivity contribution in [3.63, 3.8) is 0 Å². The van der Waals surface area contributed by atoms with Crippen LogP contribution < -0.4 is 0 Å². The topological polar surface area (TPSA) is 20.2 Å². The normalized spacial score (nSPS) is 31.5. The molecule has 1 aliphatic rings. The zero-order valence-electron chi connectivity index (χ0n) is 9.04. The third kappa shape index (κ3) is 2.43. The Bertz CT molecular complexity index is 340. The smallest absolute Gasteiger partial charge is 0.0897 e. The van der Waals surface area contributed by atoms with Gasteiger partial charge in [0.05, 0.1) is 5.60 Å². The molecule has 0 heterocycles. The molecule has 1 N–H and O–H groups in total. The fraction of sp³-hybridized carbons (Fsp3) is 0.538. The zero-order valence-corrected chi connectivity index (χ0v) is 10.6. The fourth-order valence-electron chi connectivity index (χ4n) is 2.31. The monoisotopic (exact) mass is 268 g/mol. The number of aliphatic hydroxyl groups is 1. The van der Waals surface area contributed by atoms with Crippen LogP contribution in [0.15, 0.2) is 28.7 Å². The summed E-state index contributed by atoms with van der Waals surface area (Å²) in [6.45, 7) is 2.26. The molecule has 2 rings (SSSR count). The maximum absolute atomic E-state index is 10.6. The number of halogens is 1. The summed E-state index contributed by atoms with van der Waals surface area (Å²) in [5.74, 6) is 0.762. The average molecular weight is 269 g/mol. The molecule has 82 valence electrons. The Morgan fingerprint density at radius 3 is 2.60 bits per heavy atom. The Labute approximate surface area is 99.6 Å². The largest absolute Gasteiger partial charge is 0.385 e.